The van der Waals surface area contributed by atoms with Gasteiger partial charge in [-0.25, -0.2) is 8.78 Å². The van der Waals surface area contributed by atoms with Crippen molar-refractivity contribution in [1.82, 2.24) is 0 Å². The number of benzene rings is 1. The fourth-order valence-corrected chi connectivity index (χ4v) is 1.57. The topological polar surface area (TPSA) is 21.3 Å². The molecule has 0 aliphatic heterocycles. The summed E-state index contributed by atoms with van der Waals surface area (Å²) in [6.07, 6.45) is 3.19. The molecule has 0 atom stereocenters. The molecule has 2 nitrogen and oxygen atoms in total. The number of hydrogen-bond acceptors (Lipinski definition) is 2. The van der Waals surface area contributed by atoms with Gasteiger partial charge in [0.15, 0.2) is 11.6 Å². The average Bonchev–Trinajstić information content (AvgIpc) is 2.16. The second kappa shape index (κ2) is 4.04. The lowest BCUT2D eigenvalue weighted by Gasteiger charge is -2.27. The molecule has 4 heteroatoms. The summed E-state index contributed by atoms with van der Waals surface area (Å²) in [5, 5.41) is 2.97. The van der Waals surface area contributed by atoms with Gasteiger partial charge < -0.3 is 10.1 Å². The van der Waals surface area contributed by atoms with Gasteiger partial charge in [0.2, 0.25) is 0 Å². The minimum Gasteiger partial charge on any atom is -0.494 e. The molecule has 82 valence electrons. The van der Waals surface area contributed by atoms with E-state index >= 15 is 0 Å². The molecule has 1 aromatic rings. The standard InChI is InChI=1S/C11H13F2NO/c1-15-11-6-8(12)10(5-9(11)13)14-7-3-2-4-7/h5-7,14H,2-4H2,1H3. The Labute approximate surface area is 87.2 Å². The molecular weight excluding hydrogens is 200 g/mol. The normalized spacial score (nSPS) is 15.9. The molecule has 1 aliphatic rings. The number of rotatable bonds is 3. The maximum absolute atomic E-state index is 13.4. The van der Waals surface area contributed by atoms with E-state index in [9.17, 15) is 8.78 Å². The van der Waals surface area contributed by atoms with Crippen LogP contribution < -0.4 is 10.1 Å². The van der Waals surface area contributed by atoms with Gasteiger partial charge in [-0.15, -0.1) is 0 Å². The van der Waals surface area contributed by atoms with Gasteiger partial charge >= 0.3 is 0 Å². The third kappa shape index (κ3) is 2.03. The summed E-state index contributed by atoms with van der Waals surface area (Å²) in [5.74, 6) is -1.08. The summed E-state index contributed by atoms with van der Waals surface area (Å²) in [7, 11) is 1.32. The summed E-state index contributed by atoms with van der Waals surface area (Å²) in [5.41, 5.74) is 0.220. The van der Waals surface area contributed by atoms with Crippen molar-refractivity contribution in [1.29, 1.82) is 0 Å². The molecule has 0 amide bonds. The summed E-state index contributed by atoms with van der Waals surface area (Å²) in [6.45, 7) is 0. The van der Waals surface area contributed by atoms with E-state index in [1.54, 1.807) is 0 Å². The van der Waals surface area contributed by atoms with Crippen LogP contribution in [0.3, 0.4) is 0 Å². The zero-order valence-electron chi connectivity index (χ0n) is 8.52. The molecule has 0 bridgehead atoms. The summed E-state index contributed by atoms with van der Waals surface area (Å²) >= 11 is 0. The lowest BCUT2D eigenvalue weighted by molar-refractivity contribution is 0.382. The van der Waals surface area contributed by atoms with Gasteiger partial charge in [0.25, 0.3) is 0 Å². The molecular formula is C11H13F2NO. The molecule has 0 unspecified atom stereocenters. The number of nitrogens with one attached hydrogen (secondary N) is 1. The van der Waals surface area contributed by atoms with Gasteiger partial charge in [0.05, 0.1) is 12.8 Å². The number of halogens is 2. The third-order valence-corrected chi connectivity index (χ3v) is 2.71. The number of ether oxygens (including phenoxy) is 1. The van der Waals surface area contributed by atoms with Crippen LogP contribution in [0.1, 0.15) is 19.3 Å². The number of methoxy groups -OCH3 is 1. The zero-order valence-corrected chi connectivity index (χ0v) is 8.52. The zero-order chi connectivity index (χ0) is 10.8. The van der Waals surface area contributed by atoms with Crippen LogP contribution in [0.4, 0.5) is 14.5 Å². The van der Waals surface area contributed by atoms with Crippen molar-refractivity contribution in [3.63, 3.8) is 0 Å². The first-order valence-corrected chi connectivity index (χ1v) is 5.00. The van der Waals surface area contributed by atoms with Crippen LogP contribution >= 0.6 is 0 Å². The molecule has 0 saturated heterocycles. The smallest absolute Gasteiger partial charge is 0.167 e. The van der Waals surface area contributed by atoms with Gasteiger partial charge in [-0.05, 0) is 19.3 Å². The lowest BCUT2D eigenvalue weighted by atomic mass is 9.93. The molecule has 0 spiro atoms. The lowest BCUT2D eigenvalue weighted by Crippen LogP contribution is -2.27. The highest BCUT2D eigenvalue weighted by molar-refractivity contribution is 5.49. The van der Waals surface area contributed by atoms with E-state index in [0.29, 0.717) is 0 Å². The van der Waals surface area contributed by atoms with Crippen LogP contribution in [0.2, 0.25) is 0 Å². The second-order valence-corrected chi connectivity index (χ2v) is 3.74. The van der Waals surface area contributed by atoms with Crippen molar-refractivity contribution in [2.75, 3.05) is 12.4 Å². The fourth-order valence-electron chi connectivity index (χ4n) is 1.57. The molecule has 1 fully saturated rings. The minimum atomic E-state index is -0.541. The van der Waals surface area contributed by atoms with Crippen LogP contribution in [-0.4, -0.2) is 13.2 Å². The molecule has 0 aromatic heterocycles. The quantitative estimate of drug-likeness (QED) is 0.833. The molecule has 0 radical (unpaired) electrons. The van der Waals surface area contributed by atoms with E-state index in [2.05, 4.69) is 10.1 Å². The van der Waals surface area contributed by atoms with E-state index in [1.165, 1.54) is 7.11 Å². The molecule has 1 saturated carbocycles. The van der Waals surface area contributed by atoms with Crippen LogP contribution in [0.15, 0.2) is 12.1 Å². The monoisotopic (exact) mass is 213 g/mol. The Balaban J connectivity index is 2.19. The molecule has 15 heavy (non-hydrogen) atoms. The van der Waals surface area contributed by atoms with Crippen LogP contribution in [0, 0.1) is 11.6 Å². The highest BCUT2D eigenvalue weighted by Gasteiger charge is 2.19. The van der Waals surface area contributed by atoms with Gasteiger partial charge in [0, 0.05) is 18.2 Å². The Bertz CT molecular complexity index is 364. The number of anilines is 1. The Morgan fingerprint density at radius 2 is 2.00 bits per heavy atom. The van der Waals surface area contributed by atoms with Crippen molar-refractivity contribution < 1.29 is 13.5 Å². The molecule has 2 rings (SSSR count). The minimum absolute atomic E-state index is 0.0633. The van der Waals surface area contributed by atoms with Crippen LogP contribution in [0.25, 0.3) is 0 Å². The predicted octanol–water partition coefficient (Wildman–Crippen LogP) is 2.94. The van der Waals surface area contributed by atoms with Gasteiger partial charge in [-0.2, -0.15) is 0 Å². The average molecular weight is 213 g/mol. The first-order valence-electron chi connectivity index (χ1n) is 5.00. The van der Waals surface area contributed by atoms with E-state index in [-0.39, 0.29) is 17.5 Å². The van der Waals surface area contributed by atoms with Crippen molar-refractivity contribution in [2.45, 2.75) is 25.3 Å². The maximum atomic E-state index is 13.4. The third-order valence-electron chi connectivity index (χ3n) is 2.71. The van der Waals surface area contributed by atoms with E-state index < -0.39 is 11.6 Å². The van der Waals surface area contributed by atoms with Crippen LogP contribution in [-0.2, 0) is 0 Å². The first kappa shape index (κ1) is 10.2. The van der Waals surface area contributed by atoms with Gasteiger partial charge in [-0.3, -0.25) is 0 Å². The SMILES string of the molecule is COc1cc(F)c(NC2CCC2)cc1F. The van der Waals surface area contributed by atoms with E-state index in [1.807, 2.05) is 0 Å². The summed E-state index contributed by atoms with van der Waals surface area (Å²) in [6, 6.07) is 2.50. The number of hydrogen-bond donors (Lipinski definition) is 1. The second-order valence-electron chi connectivity index (χ2n) is 3.74. The van der Waals surface area contributed by atoms with Gasteiger partial charge in [0.1, 0.15) is 5.82 Å². The van der Waals surface area contributed by atoms with Crippen molar-refractivity contribution in [3.8, 4) is 5.75 Å². The molecule has 1 aromatic carbocycles. The van der Waals surface area contributed by atoms with Crippen molar-refractivity contribution >= 4 is 5.69 Å². The van der Waals surface area contributed by atoms with Crippen molar-refractivity contribution in [3.05, 3.63) is 23.8 Å². The van der Waals surface area contributed by atoms with Crippen LogP contribution in [0.5, 0.6) is 5.75 Å². The maximum Gasteiger partial charge on any atom is 0.167 e. The highest BCUT2D eigenvalue weighted by Crippen LogP contribution is 2.28. The van der Waals surface area contributed by atoms with E-state index in [0.717, 1.165) is 31.4 Å². The molecule has 1 aliphatic carbocycles. The Morgan fingerprint density at radius 1 is 1.27 bits per heavy atom. The fraction of sp³-hybridized carbons (Fsp3) is 0.455. The largest absolute Gasteiger partial charge is 0.494 e. The Hall–Kier alpha value is -1.32. The molecule has 0 heterocycles. The first-order chi connectivity index (χ1) is 7.20. The van der Waals surface area contributed by atoms with Gasteiger partial charge in [-0.1, -0.05) is 0 Å². The summed E-state index contributed by atoms with van der Waals surface area (Å²) < 4.78 is 31.4. The predicted molar refractivity (Wildman–Crippen MR) is 54.2 cm³/mol. The molecule has 1 N–H and O–H groups in total. The van der Waals surface area contributed by atoms with Crippen molar-refractivity contribution in [2.24, 2.45) is 0 Å². The van der Waals surface area contributed by atoms with E-state index in [4.69, 9.17) is 0 Å². The summed E-state index contributed by atoms with van der Waals surface area (Å²) in [4.78, 5) is 0. The highest BCUT2D eigenvalue weighted by atomic mass is 19.1. The Kier molecular flexibility index (Phi) is 2.75. The Morgan fingerprint density at radius 3 is 2.53 bits per heavy atom.